The molecule has 0 amide bonds. The van der Waals surface area contributed by atoms with Crippen LogP contribution in [0.3, 0.4) is 0 Å². The first-order valence-electron chi connectivity index (χ1n) is 3.39. The van der Waals surface area contributed by atoms with E-state index in [2.05, 4.69) is 20.9 Å². The molecule has 1 heterocycles. The highest BCUT2D eigenvalue weighted by molar-refractivity contribution is 9.10. The van der Waals surface area contributed by atoms with Crippen molar-refractivity contribution < 1.29 is 8.78 Å². The van der Waals surface area contributed by atoms with Crippen LogP contribution in [0.5, 0.6) is 0 Å². The zero-order valence-electron chi connectivity index (χ0n) is 6.40. The van der Waals surface area contributed by atoms with Crippen molar-refractivity contribution >= 4 is 27.5 Å². The largest absolute Gasteiger partial charge is 0.325 e. The maximum atomic E-state index is 12.4. The van der Waals surface area contributed by atoms with Gasteiger partial charge in [-0.2, -0.15) is 0 Å². The quantitative estimate of drug-likeness (QED) is 0.840. The molecule has 0 saturated carbocycles. The van der Waals surface area contributed by atoms with Gasteiger partial charge in [0, 0.05) is 6.54 Å². The maximum Gasteiger partial charge on any atom is 0.267 e. The summed E-state index contributed by atoms with van der Waals surface area (Å²) in [5.74, 6) is 0. The Labute approximate surface area is 87.2 Å². The predicted molar refractivity (Wildman–Crippen MR) is 49.8 cm³/mol. The van der Waals surface area contributed by atoms with Gasteiger partial charge in [0.15, 0.2) is 0 Å². The van der Waals surface area contributed by atoms with E-state index in [1.807, 2.05) is 0 Å². The average Bonchev–Trinajstić information content (AvgIpc) is 2.01. The molecule has 2 nitrogen and oxygen atoms in total. The van der Waals surface area contributed by atoms with Crippen molar-refractivity contribution in [3.05, 3.63) is 26.9 Å². The third kappa shape index (κ3) is 2.36. The van der Waals surface area contributed by atoms with Gasteiger partial charge in [0.2, 0.25) is 0 Å². The highest BCUT2D eigenvalue weighted by Crippen LogP contribution is 2.30. The van der Waals surface area contributed by atoms with Crippen LogP contribution in [-0.2, 0) is 6.54 Å². The second-order valence-electron chi connectivity index (χ2n) is 2.29. The lowest BCUT2D eigenvalue weighted by molar-refractivity contribution is 0.149. The van der Waals surface area contributed by atoms with Crippen LogP contribution in [0.4, 0.5) is 8.78 Å². The second-order valence-corrected chi connectivity index (χ2v) is 3.51. The van der Waals surface area contributed by atoms with E-state index < -0.39 is 6.43 Å². The summed E-state index contributed by atoms with van der Waals surface area (Å²) in [4.78, 5) is 3.80. The first kappa shape index (κ1) is 10.8. The Morgan fingerprint density at radius 3 is 2.69 bits per heavy atom. The number of nitrogens with zero attached hydrogens (tertiary/aromatic N) is 1. The molecule has 0 spiro atoms. The fraction of sp³-hybridized carbons (Fsp3) is 0.286. The van der Waals surface area contributed by atoms with Crippen LogP contribution in [0.25, 0.3) is 0 Å². The molecule has 1 aromatic rings. The highest BCUT2D eigenvalue weighted by atomic mass is 79.9. The Hall–Kier alpha value is -0.260. The van der Waals surface area contributed by atoms with E-state index in [9.17, 15) is 8.78 Å². The van der Waals surface area contributed by atoms with Crippen molar-refractivity contribution in [3.8, 4) is 0 Å². The number of halogens is 4. The zero-order chi connectivity index (χ0) is 10.0. The van der Waals surface area contributed by atoms with E-state index in [0.29, 0.717) is 4.60 Å². The first-order chi connectivity index (χ1) is 6.06. The van der Waals surface area contributed by atoms with Crippen LogP contribution in [0.2, 0.25) is 5.02 Å². The number of hydrogen-bond acceptors (Lipinski definition) is 2. The molecule has 6 heteroatoms. The lowest BCUT2D eigenvalue weighted by Gasteiger charge is -2.08. The van der Waals surface area contributed by atoms with Crippen molar-refractivity contribution in [1.29, 1.82) is 0 Å². The van der Waals surface area contributed by atoms with Gasteiger partial charge in [-0.3, -0.25) is 0 Å². The second kappa shape index (κ2) is 4.30. The lowest BCUT2D eigenvalue weighted by atomic mass is 10.2. The van der Waals surface area contributed by atoms with Gasteiger partial charge in [0.1, 0.15) is 4.60 Å². The smallest absolute Gasteiger partial charge is 0.267 e. The number of hydrogen-bond donors (Lipinski definition) is 1. The maximum absolute atomic E-state index is 12.4. The first-order valence-corrected chi connectivity index (χ1v) is 4.56. The van der Waals surface area contributed by atoms with Crippen LogP contribution >= 0.6 is 27.5 Å². The number of pyridine rings is 1. The van der Waals surface area contributed by atoms with Gasteiger partial charge in [0.05, 0.1) is 16.3 Å². The van der Waals surface area contributed by atoms with Gasteiger partial charge in [-0.25, -0.2) is 13.8 Å². The molecule has 0 fully saturated rings. The highest BCUT2D eigenvalue weighted by Gasteiger charge is 2.18. The Morgan fingerprint density at radius 2 is 2.23 bits per heavy atom. The van der Waals surface area contributed by atoms with Crippen LogP contribution in [0.15, 0.2) is 10.7 Å². The van der Waals surface area contributed by atoms with E-state index >= 15 is 0 Å². The summed E-state index contributed by atoms with van der Waals surface area (Å²) in [5, 5.41) is -0.0164. The molecular formula is C7H6BrClF2N2. The van der Waals surface area contributed by atoms with E-state index in [0.717, 1.165) is 0 Å². The number of aromatic nitrogens is 1. The van der Waals surface area contributed by atoms with Gasteiger partial charge in [0.25, 0.3) is 6.43 Å². The summed E-state index contributed by atoms with van der Waals surface area (Å²) in [6, 6.07) is 1.32. The van der Waals surface area contributed by atoms with Gasteiger partial charge < -0.3 is 5.73 Å². The third-order valence-electron chi connectivity index (χ3n) is 1.47. The summed E-state index contributed by atoms with van der Waals surface area (Å²) in [7, 11) is 0. The molecule has 0 unspecified atom stereocenters. The Morgan fingerprint density at radius 1 is 1.62 bits per heavy atom. The fourth-order valence-corrected chi connectivity index (χ4v) is 1.80. The minimum absolute atomic E-state index is 0.0164. The molecule has 1 rings (SSSR count). The standard InChI is InChI=1S/C7H6BrClF2N2/c8-5-1-3(9)6(7(10)11)4(2-12)13-5/h1,7H,2,12H2. The molecule has 0 saturated heterocycles. The van der Waals surface area contributed by atoms with Crippen LogP contribution in [0.1, 0.15) is 17.7 Å². The molecule has 0 radical (unpaired) electrons. The van der Waals surface area contributed by atoms with Gasteiger partial charge in [-0.15, -0.1) is 0 Å². The van der Waals surface area contributed by atoms with Crippen LogP contribution < -0.4 is 5.73 Å². The number of nitrogens with two attached hydrogens (primary N) is 1. The predicted octanol–water partition coefficient (Wildman–Crippen LogP) is 2.89. The summed E-state index contributed by atoms with van der Waals surface area (Å²) in [5.41, 5.74) is 5.09. The Bertz CT molecular complexity index is 320. The zero-order valence-corrected chi connectivity index (χ0v) is 8.74. The van der Waals surface area contributed by atoms with E-state index in [-0.39, 0.29) is 22.8 Å². The molecular weight excluding hydrogens is 265 g/mol. The molecule has 0 aromatic carbocycles. The van der Waals surface area contributed by atoms with Gasteiger partial charge >= 0.3 is 0 Å². The van der Waals surface area contributed by atoms with E-state index in [1.165, 1.54) is 6.07 Å². The van der Waals surface area contributed by atoms with Gasteiger partial charge in [-0.05, 0) is 22.0 Å². The number of rotatable bonds is 2. The van der Waals surface area contributed by atoms with Gasteiger partial charge in [-0.1, -0.05) is 11.6 Å². The minimum atomic E-state index is -2.65. The molecule has 0 aliphatic carbocycles. The van der Waals surface area contributed by atoms with Crippen molar-refractivity contribution in [2.24, 2.45) is 5.73 Å². The average molecular weight is 271 g/mol. The van der Waals surface area contributed by atoms with Crippen LogP contribution in [0, 0.1) is 0 Å². The summed E-state index contributed by atoms with van der Waals surface area (Å²) in [6.07, 6.45) is -2.65. The van der Waals surface area contributed by atoms with Crippen LogP contribution in [-0.4, -0.2) is 4.98 Å². The van der Waals surface area contributed by atoms with Crippen molar-refractivity contribution in [3.63, 3.8) is 0 Å². The Kier molecular flexibility index (Phi) is 3.58. The molecule has 0 aliphatic heterocycles. The van der Waals surface area contributed by atoms with E-state index in [4.69, 9.17) is 17.3 Å². The molecule has 0 aliphatic rings. The topological polar surface area (TPSA) is 38.9 Å². The third-order valence-corrected chi connectivity index (χ3v) is 2.19. The fourth-order valence-electron chi connectivity index (χ4n) is 0.927. The van der Waals surface area contributed by atoms with E-state index in [1.54, 1.807) is 0 Å². The molecule has 1 aromatic heterocycles. The number of alkyl halides is 2. The molecule has 0 atom stereocenters. The minimum Gasteiger partial charge on any atom is -0.325 e. The molecule has 2 N–H and O–H groups in total. The molecule has 13 heavy (non-hydrogen) atoms. The lowest BCUT2D eigenvalue weighted by Crippen LogP contribution is -2.06. The normalized spacial score (nSPS) is 10.9. The summed E-state index contributed by atoms with van der Waals surface area (Å²) >= 11 is 8.64. The summed E-state index contributed by atoms with van der Waals surface area (Å²) < 4.78 is 25.2. The molecule has 72 valence electrons. The summed E-state index contributed by atoms with van der Waals surface area (Å²) in [6.45, 7) is -0.0567. The Balaban J connectivity index is 3.30. The monoisotopic (exact) mass is 270 g/mol. The van der Waals surface area contributed by atoms with Crippen molar-refractivity contribution in [2.45, 2.75) is 13.0 Å². The SMILES string of the molecule is NCc1nc(Br)cc(Cl)c1C(F)F. The van der Waals surface area contributed by atoms with Crippen molar-refractivity contribution in [1.82, 2.24) is 4.98 Å². The molecule has 0 bridgehead atoms. The van der Waals surface area contributed by atoms with Crippen molar-refractivity contribution in [2.75, 3.05) is 0 Å².